The summed E-state index contributed by atoms with van der Waals surface area (Å²) in [5, 5.41) is 7.52. The van der Waals surface area contributed by atoms with Crippen LogP contribution in [0.2, 0.25) is 0 Å². The second-order valence-electron chi connectivity index (χ2n) is 5.43. The molecule has 0 fully saturated rings. The molecule has 0 atom stereocenters. The third-order valence-electron chi connectivity index (χ3n) is 3.52. The molecule has 6 heteroatoms. The first-order valence-electron chi connectivity index (χ1n) is 7.10. The van der Waals surface area contributed by atoms with Gasteiger partial charge in [0.05, 0.1) is 6.54 Å². The molecule has 1 aliphatic rings. The van der Waals surface area contributed by atoms with Crippen molar-refractivity contribution in [3.8, 4) is 0 Å². The van der Waals surface area contributed by atoms with Crippen LogP contribution in [0.25, 0.3) is 0 Å². The summed E-state index contributed by atoms with van der Waals surface area (Å²) in [6.07, 6.45) is 0. The van der Waals surface area contributed by atoms with Crippen molar-refractivity contribution in [2.75, 3.05) is 18.0 Å². The zero-order valence-electron chi connectivity index (χ0n) is 12.4. The lowest BCUT2D eigenvalue weighted by Crippen LogP contribution is -2.28. The molecule has 0 saturated carbocycles. The van der Waals surface area contributed by atoms with Crippen molar-refractivity contribution in [3.63, 3.8) is 0 Å². The minimum absolute atomic E-state index is 0. The Labute approximate surface area is 131 Å². The van der Waals surface area contributed by atoms with E-state index in [0.717, 1.165) is 25.5 Å². The molecule has 114 valence electrons. The van der Waals surface area contributed by atoms with Crippen LogP contribution >= 0.6 is 12.4 Å². The maximum absolute atomic E-state index is 5.28. The largest absolute Gasteiger partial charge is 0.362 e. The third kappa shape index (κ3) is 3.54. The van der Waals surface area contributed by atoms with Gasteiger partial charge in [-0.05, 0) is 11.6 Å². The summed E-state index contributed by atoms with van der Waals surface area (Å²) in [5.41, 5.74) is 2.57. The molecule has 2 aromatic rings. The number of benzene rings is 1. The average Bonchev–Trinajstić information content (AvgIpc) is 2.82. The summed E-state index contributed by atoms with van der Waals surface area (Å²) in [4.78, 5) is 6.78. The Morgan fingerprint density at radius 3 is 2.90 bits per heavy atom. The van der Waals surface area contributed by atoms with Crippen molar-refractivity contribution in [2.45, 2.75) is 32.9 Å². The highest BCUT2D eigenvalue weighted by atomic mass is 35.5. The van der Waals surface area contributed by atoms with Crippen LogP contribution in [0.4, 0.5) is 5.69 Å². The van der Waals surface area contributed by atoms with Crippen molar-refractivity contribution in [2.24, 2.45) is 0 Å². The van der Waals surface area contributed by atoms with Crippen molar-refractivity contribution in [3.05, 3.63) is 41.5 Å². The van der Waals surface area contributed by atoms with E-state index in [1.807, 2.05) is 0 Å². The Kier molecular flexibility index (Phi) is 5.20. The quantitative estimate of drug-likeness (QED) is 0.945. The Morgan fingerprint density at radius 2 is 2.14 bits per heavy atom. The zero-order chi connectivity index (χ0) is 13.9. The highest BCUT2D eigenvalue weighted by molar-refractivity contribution is 5.85. The van der Waals surface area contributed by atoms with E-state index < -0.39 is 0 Å². The smallest absolute Gasteiger partial charge is 0.229 e. The average molecular weight is 309 g/mol. The molecule has 3 rings (SSSR count). The second kappa shape index (κ2) is 6.91. The molecule has 1 aliphatic heterocycles. The van der Waals surface area contributed by atoms with Crippen LogP contribution in [0.5, 0.6) is 0 Å². The summed E-state index contributed by atoms with van der Waals surface area (Å²) in [6, 6.07) is 8.48. The highest BCUT2D eigenvalue weighted by Crippen LogP contribution is 2.23. The van der Waals surface area contributed by atoms with Gasteiger partial charge in [-0.15, -0.1) is 12.4 Å². The molecule has 1 aromatic carbocycles. The Bertz CT molecular complexity index is 585. The monoisotopic (exact) mass is 308 g/mol. The Morgan fingerprint density at radius 1 is 1.33 bits per heavy atom. The van der Waals surface area contributed by atoms with Gasteiger partial charge in [0.1, 0.15) is 0 Å². The first-order chi connectivity index (χ1) is 9.74. The van der Waals surface area contributed by atoms with Crippen LogP contribution in [0.3, 0.4) is 0 Å². The van der Waals surface area contributed by atoms with E-state index in [1.165, 1.54) is 11.3 Å². The van der Waals surface area contributed by atoms with Crippen LogP contribution in [-0.2, 0) is 13.1 Å². The maximum Gasteiger partial charge on any atom is 0.229 e. The summed E-state index contributed by atoms with van der Waals surface area (Å²) in [5.74, 6) is 1.74. The van der Waals surface area contributed by atoms with E-state index >= 15 is 0 Å². The predicted molar refractivity (Wildman–Crippen MR) is 84.8 cm³/mol. The molecular weight excluding hydrogens is 288 g/mol. The van der Waals surface area contributed by atoms with Crippen molar-refractivity contribution in [1.29, 1.82) is 0 Å². The third-order valence-corrected chi connectivity index (χ3v) is 3.52. The number of para-hydroxylation sites is 1. The van der Waals surface area contributed by atoms with Gasteiger partial charge in [-0.25, -0.2) is 0 Å². The maximum atomic E-state index is 5.28. The zero-order valence-corrected chi connectivity index (χ0v) is 13.2. The summed E-state index contributed by atoms with van der Waals surface area (Å²) in [7, 11) is 0. The molecule has 21 heavy (non-hydrogen) atoms. The number of aromatic nitrogens is 2. The van der Waals surface area contributed by atoms with Crippen LogP contribution in [0.1, 0.15) is 37.0 Å². The lowest BCUT2D eigenvalue weighted by molar-refractivity contribution is 0.360. The lowest BCUT2D eigenvalue weighted by atomic mass is 10.1. The standard InChI is InChI=1S/C15H20N4O.ClH/c1-11(2)15-17-14(18-20-15)10-19-8-7-16-9-12-5-3-4-6-13(12)19;/h3-6,11,16H,7-10H2,1-2H3;1H. The van der Waals surface area contributed by atoms with E-state index in [0.29, 0.717) is 12.4 Å². The number of nitrogens with one attached hydrogen (secondary N) is 1. The van der Waals surface area contributed by atoms with Gasteiger partial charge in [-0.2, -0.15) is 4.98 Å². The SMILES string of the molecule is CC(C)c1nc(CN2CCNCc3ccccc32)no1.Cl. The Balaban J connectivity index is 0.00000161. The summed E-state index contributed by atoms with van der Waals surface area (Å²) < 4.78 is 5.28. The molecule has 0 amide bonds. The van der Waals surface area contributed by atoms with Crippen molar-refractivity contribution < 1.29 is 4.52 Å². The molecule has 0 aliphatic carbocycles. The van der Waals surface area contributed by atoms with Crippen LogP contribution in [0, 0.1) is 0 Å². The normalized spacial score (nSPS) is 14.5. The van der Waals surface area contributed by atoms with Crippen LogP contribution in [0.15, 0.2) is 28.8 Å². The lowest BCUT2D eigenvalue weighted by Gasteiger charge is -2.22. The van der Waals surface area contributed by atoms with Gasteiger partial charge in [0.15, 0.2) is 5.82 Å². The minimum Gasteiger partial charge on any atom is -0.362 e. The molecule has 1 N–H and O–H groups in total. The van der Waals surface area contributed by atoms with Gasteiger partial charge in [0.25, 0.3) is 0 Å². The number of fused-ring (bicyclic) bond motifs is 1. The fraction of sp³-hybridized carbons (Fsp3) is 0.467. The number of rotatable bonds is 3. The number of halogens is 1. The predicted octanol–water partition coefficient (Wildman–Crippen LogP) is 2.72. The van der Waals surface area contributed by atoms with E-state index in [2.05, 4.69) is 58.5 Å². The molecule has 1 aromatic heterocycles. The van der Waals surface area contributed by atoms with E-state index in [1.54, 1.807) is 0 Å². The van der Waals surface area contributed by atoms with Gasteiger partial charge in [0, 0.05) is 31.2 Å². The Hall–Kier alpha value is -1.59. The van der Waals surface area contributed by atoms with E-state index in [9.17, 15) is 0 Å². The van der Waals surface area contributed by atoms with Crippen LogP contribution < -0.4 is 10.2 Å². The van der Waals surface area contributed by atoms with Gasteiger partial charge < -0.3 is 14.7 Å². The highest BCUT2D eigenvalue weighted by Gasteiger charge is 2.17. The number of anilines is 1. The number of hydrogen-bond acceptors (Lipinski definition) is 5. The van der Waals surface area contributed by atoms with Gasteiger partial charge >= 0.3 is 0 Å². The second-order valence-corrected chi connectivity index (χ2v) is 5.43. The van der Waals surface area contributed by atoms with E-state index in [-0.39, 0.29) is 18.3 Å². The molecule has 0 bridgehead atoms. The summed E-state index contributed by atoms with van der Waals surface area (Å²) >= 11 is 0. The minimum atomic E-state index is 0. The van der Waals surface area contributed by atoms with Gasteiger partial charge in [-0.1, -0.05) is 37.2 Å². The topological polar surface area (TPSA) is 54.2 Å². The summed E-state index contributed by atoms with van der Waals surface area (Å²) in [6.45, 7) is 7.63. The molecular formula is C15H21ClN4O. The van der Waals surface area contributed by atoms with Crippen molar-refractivity contribution >= 4 is 18.1 Å². The fourth-order valence-corrected chi connectivity index (χ4v) is 2.43. The molecule has 0 saturated heterocycles. The first kappa shape index (κ1) is 15.8. The molecule has 5 nitrogen and oxygen atoms in total. The molecule has 0 spiro atoms. The van der Waals surface area contributed by atoms with Gasteiger partial charge in [0.2, 0.25) is 5.89 Å². The number of hydrogen-bond donors (Lipinski definition) is 1. The molecule has 0 radical (unpaired) electrons. The molecule has 2 heterocycles. The van der Waals surface area contributed by atoms with Crippen molar-refractivity contribution in [1.82, 2.24) is 15.5 Å². The first-order valence-corrected chi connectivity index (χ1v) is 7.10. The van der Waals surface area contributed by atoms with Crippen LogP contribution in [-0.4, -0.2) is 23.2 Å². The number of nitrogens with zero attached hydrogens (tertiary/aromatic N) is 3. The van der Waals surface area contributed by atoms with Gasteiger partial charge in [-0.3, -0.25) is 0 Å². The molecule has 0 unspecified atom stereocenters. The fourth-order valence-electron chi connectivity index (χ4n) is 2.43. The van der Waals surface area contributed by atoms with E-state index in [4.69, 9.17) is 4.52 Å².